The number of hydrogen-bond acceptors (Lipinski definition) is 4. The Morgan fingerprint density at radius 3 is 2.83 bits per heavy atom. The van der Waals surface area contributed by atoms with Gasteiger partial charge in [-0.3, -0.25) is 0 Å². The molecule has 1 aromatic heterocycles. The maximum atomic E-state index is 9.60. The summed E-state index contributed by atoms with van der Waals surface area (Å²) < 4.78 is 6.92. The normalized spacial score (nSPS) is 18.4. The fraction of sp³-hybridized carbons (Fsp3) is 0.385. The summed E-state index contributed by atoms with van der Waals surface area (Å²) in [5.74, 6) is 2.48. The first-order chi connectivity index (χ1) is 8.76. The Bertz CT molecular complexity index is 548. The Kier molecular flexibility index (Phi) is 2.76. The molecule has 0 radical (unpaired) electrons. The van der Waals surface area contributed by atoms with Gasteiger partial charge in [-0.2, -0.15) is 5.10 Å². The van der Waals surface area contributed by atoms with E-state index in [0.717, 1.165) is 30.0 Å². The van der Waals surface area contributed by atoms with E-state index in [1.54, 1.807) is 11.8 Å². The van der Waals surface area contributed by atoms with Gasteiger partial charge in [-0.15, -0.1) is 0 Å². The van der Waals surface area contributed by atoms with Gasteiger partial charge in [0.2, 0.25) is 0 Å². The second-order valence-corrected chi connectivity index (χ2v) is 4.45. The number of aliphatic hydroxyl groups is 1. The van der Waals surface area contributed by atoms with Gasteiger partial charge in [-0.25, -0.2) is 9.67 Å². The van der Waals surface area contributed by atoms with Crippen molar-refractivity contribution in [2.75, 3.05) is 7.11 Å². The van der Waals surface area contributed by atoms with E-state index in [1.807, 2.05) is 24.3 Å². The van der Waals surface area contributed by atoms with Crippen LogP contribution in [0.5, 0.6) is 5.75 Å². The van der Waals surface area contributed by atoms with E-state index in [4.69, 9.17) is 4.74 Å². The number of benzene rings is 1. The quantitative estimate of drug-likeness (QED) is 0.865. The molecule has 0 amide bonds. The highest BCUT2D eigenvalue weighted by atomic mass is 16.5. The molecule has 1 N–H and O–H groups in total. The van der Waals surface area contributed by atoms with Gasteiger partial charge in [0.05, 0.1) is 19.8 Å². The highest BCUT2D eigenvalue weighted by molar-refractivity contribution is 5.55. The van der Waals surface area contributed by atoms with Crippen molar-refractivity contribution in [3.63, 3.8) is 0 Å². The zero-order valence-corrected chi connectivity index (χ0v) is 10.2. The van der Waals surface area contributed by atoms with Crippen LogP contribution >= 0.6 is 0 Å². The molecule has 1 aliphatic heterocycles. The minimum absolute atomic E-state index is 0.303. The molecule has 94 valence electrons. The number of aliphatic hydroxyl groups excluding tert-OH is 1. The average Bonchev–Trinajstić information content (AvgIpc) is 2.81. The predicted octanol–water partition coefficient (Wildman–Crippen LogP) is 1.26. The van der Waals surface area contributed by atoms with Crippen molar-refractivity contribution in [2.24, 2.45) is 0 Å². The number of ether oxygens (including phenoxy) is 1. The summed E-state index contributed by atoms with van der Waals surface area (Å²) in [4.78, 5) is 4.51. The minimum Gasteiger partial charge on any atom is -0.497 e. The fourth-order valence-corrected chi connectivity index (χ4v) is 2.15. The Morgan fingerprint density at radius 1 is 1.33 bits per heavy atom. The molecule has 3 rings (SSSR count). The molecule has 18 heavy (non-hydrogen) atoms. The highest BCUT2D eigenvalue weighted by Gasteiger charge is 2.20. The Labute approximate surface area is 105 Å². The number of hydrogen-bond donors (Lipinski definition) is 1. The number of methoxy groups -OCH3 is 1. The smallest absolute Gasteiger partial charge is 0.181 e. The van der Waals surface area contributed by atoms with E-state index in [1.165, 1.54) is 0 Å². The van der Waals surface area contributed by atoms with Crippen molar-refractivity contribution < 1.29 is 9.84 Å². The summed E-state index contributed by atoms with van der Waals surface area (Å²) in [6.07, 6.45) is 1.24. The zero-order chi connectivity index (χ0) is 12.5. The summed E-state index contributed by atoms with van der Waals surface area (Å²) >= 11 is 0. The first-order valence-corrected chi connectivity index (χ1v) is 6.02. The molecule has 1 atom stereocenters. The molecule has 1 aliphatic rings. The first-order valence-electron chi connectivity index (χ1n) is 6.02. The number of rotatable bonds is 2. The van der Waals surface area contributed by atoms with Crippen LogP contribution in [0.1, 0.15) is 12.2 Å². The fourth-order valence-electron chi connectivity index (χ4n) is 2.15. The predicted molar refractivity (Wildman–Crippen MR) is 66.3 cm³/mol. The van der Waals surface area contributed by atoms with Gasteiger partial charge < -0.3 is 9.84 Å². The van der Waals surface area contributed by atoms with Gasteiger partial charge in [-0.1, -0.05) is 0 Å². The van der Waals surface area contributed by atoms with Crippen molar-refractivity contribution in [2.45, 2.75) is 25.5 Å². The third kappa shape index (κ3) is 1.97. The second-order valence-electron chi connectivity index (χ2n) is 4.45. The SMILES string of the molecule is COc1ccc(-c2nc3n(n2)CC(O)CC3)cc1. The van der Waals surface area contributed by atoms with Crippen LogP contribution in [-0.4, -0.2) is 33.1 Å². The molecule has 5 heteroatoms. The van der Waals surface area contributed by atoms with Crippen LogP contribution in [0.2, 0.25) is 0 Å². The molecule has 1 aromatic carbocycles. The molecule has 5 nitrogen and oxygen atoms in total. The molecule has 0 saturated carbocycles. The average molecular weight is 245 g/mol. The maximum Gasteiger partial charge on any atom is 0.181 e. The van der Waals surface area contributed by atoms with Crippen LogP contribution in [0.4, 0.5) is 0 Å². The number of nitrogens with zero attached hydrogens (tertiary/aromatic N) is 3. The van der Waals surface area contributed by atoms with Gasteiger partial charge in [0.15, 0.2) is 5.82 Å². The monoisotopic (exact) mass is 245 g/mol. The summed E-state index contributed by atoms with van der Waals surface area (Å²) in [5, 5.41) is 14.0. The van der Waals surface area contributed by atoms with E-state index in [-0.39, 0.29) is 6.10 Å². The largest absolute Gasteiger partial charge is 0.497 e. The summed E-state index contributed by atoms with van der Waals surface area (Å²) in [6, 6.07) is 7.67. The van der Waals surface area contributed by atoms with Crippen LogP contribution in [0.25, 0.3) is 11.4 Å². The summed E-state index contributed by atoms with van der Waals surface area (Å²) in [7, 11) is 1.64. The van der Waals surface area contributed by atoms with Gasteiger partial charge in [-0.05, 0) is 30.7 Å². The number of aromatic nitrogens is 3. The van der Waals surface area contributed by atoms with E-state index in [9.17, 15) is 5.11 Å². The Hall–Kier alpha value is -1.88. The minimum atomic E-state index is -0.303. The molecule has 2 aromatic rings. The Balaban J connectivity index is 1.92. The molecule has 0 fully saturated rings. The molecular formula is C13H15N3O2. The van der Waals surface area contributed by atoms with Gasteiger partial charge in [0.1, 0.15) is 11.6 Å². The van der Waals surface area contributed by atoms with Crippen LogP contribution < -0.4 is 4.74 Å². The lowest BCUT2D eigenvalue weighted by Crippen LogP contribution is -2.25. The maximum absolute atomic E-state index is 9.60. The lowest BCUT2D eigenvalue weighted by atomic mass is 10.1. The van der Waals surface area contributed by atoms with Gasteiger partial charge >= 0.3 is 0 Å². The molecule has 2 heterocycles. The van der Waals surface area contributed by atoms with Crippen LogP contribution in [0.3, 0.4) is 0 Å². The molecule has 0 saturated heterocycles. The lowest BCUT2D eigenvalue weighted by Gasteiger charge is -2.16. The summed E-state index contributed by atoms with van der Waals surface area (Å²) in [6.45, 7) is 0.540. The highest BCUT2D eigenvalue weighted by Crippen LogP contribution is 2.22. The van der Waals surface area contributed by atoms with E-state index >= 15 is 0 Å². The topological polar surface area (TPSA) is 60.2 Å². The van der Waals surface area contributed by atoms with Gasteiger partial charge in [0, 0.05) is 12.0 Å². The second kappa shape index (κ2) is 4.42. The van der Waals surface area contributed by atoms with Crippen LogP contribution in [-0.2, 0) is 13.0 Å². The first kappa shape index (κ1) is 11.2. The third-order valence-electron chi connectivity index (χ3n) is 3.18. The van der Waals surface area contributed by atoms with Crippen LogP contribution in [0.15, 0.2) is 24.3 Å². The van der Waals surface area contributed by atoms with Gasteiger partial charge in [0.25, 0.3) is 0 Å². The van der Waals surface area contributed by atoms with Crippen molar-refractivity contribution >= 4 is 0 Å². The molecule has 0 spiro atoms. The molecule has 0 bridgehead atoms. The molecule has 0 aliphatic carbocycles. The number of aryl methyl sites for hydroxylation is 1. The zero-order valence-electron chi connectivity index (χ0n) is 10.2. The summed E-state index contributed by atoms with van der Waals surface area (Å²) in [5.41, 5.74) is 0.965. The van der Waals surface area contributed by atoms with Crippen molar-refractivity contribution in [3.8, 4) is 17.1 Å². The van der Waals surface area contributed by atoms with E-state index in [2.05, 4.69) is 10.1 Å². The molecule has 1 unspecified atom stereocenters. The van der Waals surface area contributed by atoms with E-state index < -0.39 is 0 Å². The van der Waals surface area contributed by atoms with E-state index in [0.29, 0.717) is 12.4 Å². The van der Waals surface area contributed by atoms with Crippen molar-refractivity contribution in [3.05, 3.63) is 30.1 Å². The van der Waals surface area contributed by atoms with Crippen LogP contribution in [0, 0.1) is 0 Å². The number of fused-ring (bicyclic) bond motifs is 1. The third-order valence-corrected chi connectivity index (χ3v) is 3.18. The molecular weight excluding hydrogens is 230 g/mol. The van der Waals surface area contributed by atoms with Crippen molar-refractivity contribution in [1.29, 1.82) is 0 Å². The standard InChI is InChI=1S/C13H15N3O2/c1-18-11-5-2-9(3-6-11)13-14-12-7-4-10(17)8-16(12)15-13/h2-3,5-6,10,17H,4,7-8H2,1H3. The van der Waals surface area contributed by atoms with Crippen molar-refractivity contribution in [1.82, 2.24) is 14.8 Å². The lowest BCUT2D eigenvalue weighted by molar-refractivity contribution is 0.124. The Morgan fingerprint density at radius 2 is 2.11 bits per heavy atom.